The molecule has 2 aliphatic carbocycles. The minimum atomic E-state index is -4.10. The van der Waals surface area contributed by atoms with Crippen molar-refractivity contribution in [2.24, 2.45) is 0 Å². The van der Waals surface area contributed by atoms with E-state index in [1.54, 1.807) is 7.11 Å². The zero-order valence-electron chi connectivity index (χ0n) is 27.7. The number of hydrogen-bond donors (Lipinski definition) is 3. The molecular weight excluding hydrogens is 654 g/mol. The van der Waals surface area contributed by atoms with E-state index in [1.165, 1.54) is 4.68 Å². The summed E-state index contributed by atoms with van der Waals surface area (Å²) in [5, 5.41) is 7.73. The fourth-order valence-corrected chi connectivity index (χ4v) is 9.50. The number of nitrogens with one attached hydrogen (secondary N) is 3. The highest BCUT2D eigenvalue weighted by Crippen LogP contribution is 2.42. The van der Waals surface area contributed by atoms with Crippen LogP contribution < -0.4 is 14.8 Å². The van der Waals surface area contributed by atoms with Crippen molar-refractivity contribution in [2.75, 3.05) is 19.0 Å². The van der Waals surface area contributed by atoms with Gasteiger partial charge in [0.15, 0.2) is 10.6 Å². The molecule has 256 valence electrons. The van der Waals surface area contributed by atoms with E-state index in [-0.39, 0.29) is 42.1 Å². The van der Waals surface area contributed by atoms with Gasteiger partial charge in [0.2, 0.25) is 5.88 Å². The summed E-state index contributed by atoms with van der Waals surface area (Å²) in [6, 6.07) is 30.8. The van der Waals surface area contributed by atoms with Crippen molar-refractivity contribution in [1.82, 2.24) is 14.5 Å². The Morgan fingerprint density at radius 2 is 1.56 bits per heavy atom. The maximum Gasteiger partial charge on any atom is 0.277 e. The van der Waals surface area contributed by atoms with Crippen LogP contribution in [0.25, 0.3) is 0 Å². The van der Waals surface area contributed by atoms with Crippen molar-refractivity contribution in [2.45, 2.75) is 61.4 Å². The van der Waals surface area contributed by atoms with Crippen LogP contribution in [0.1, 0.15) is 55.9 Å². The van der Waals surface area contributed by atoms with Crippen LogP contribution in [0.3, 0.4) is 0 Å². The molecule has 1 amide bonds. The molecule has 0 spiro atoms. The van der Waals surface area contributed by atoms with Gasteiger partial charge in [-0.2, -0.15) is 5.10 Å². The molecule has 0 bridgehead atoms. The molecule has 0 fully saturated rings. The first-order chi connectivity index (χ1) is 24.3. The van der Waals surface area contributed by atoms with Gasteiger partial charge in [-0.3, -0.25) is 4.79 Å². The topological polar surface area (TPSA) is 118 Å². The third-order valence-corrected chi connectivity index (χ3v) is 11.6. The second kappa shape index (κ2) is 12.8. The summed E-state index contributed by atoms with van der Waals surface area (Å²) < 4.78 is 56.3. The summed E-state index contributed by atoms with van der Waals surface area (Å²) in [6.07, 6.45) is 1.73. The predicted molar refractivity (Wildman–Crippen MR) is 189 cm³/mol. The lowest BCUT2D eigenvalue weighted by Crippen LogP contribution is -2.47. The van der Waals surface area contributed by atoms with E-state index in [4.69, 9.17) is 9.47 Å². The third-order valence-electron chi connectivity index (χ3n) is 10.1. The molecule has 1 aromatic heterocycles. The maximum absolute atomic E-state index is 15.4. The van der Waals surface area contributed by atoms with E-state index in [0.717, 1.165) is 58.2 Å². The molecule has 3 N–H and O–H groups in total. The minimum Gasteiger partial charge on any atom is -0.474 e. The lowest BCUT2D eigenvalue weighted by molar-refractivity contribution is 0.0165. The second-order valence-electron chi connectivity index (χ2n) is 13.2. The Hall–Kier alpha value is -4.84. The molecule has 0 saturated heterocycles. The number of carbonyl (C=O) groups is 1. The number of ether oxygens (including phenoxy) is 2. The number of aryl methyl sites for hydroxylation is 1. The van der Waals surface area contributed by atoms with Crippen LogP contribution in [-0.2, 0) is 52.4 Å². The molecule has 9 nitrogen and oxygen atoms in total. The molecule has 0 radical (unpaired) electrons. The molecule has 2 unspecified atom stereocenters. The van der Waals surface area contributed by atoms with Crippen molar-refractivity contribution in [3.8, 4) is 5.88 Å². The van der Waals surface area contributed by atoms with Gasteiger partial charge >= 0.3 is 0 Å². The van der Waals surface area contributed by atoms with Gasteiger partial charge in [-0.15, -0.1) is 0 Å². The number of aromatic nitrogens is 2. The van der Waals surface area contributed by atoms with Crippen molar-refractivity contribution < 1.29 is 22.9 Å². The Labute approximate surface area is 290 Å². The SMILES string of the molecule is COC1COc2c(S(=N)(=O)NC(c3ccccc3)(c3ccccc3)c3ccccc3)c(C(=O)Nc3c4c(cc5c3C[C@@H](F)C5)CCC4)nn2C1. The first-order valence-electron chi connectivity index (χ1n) is 16.9. The van der Waals surface area contributed by atoms with Crippen molar-refractivity contribution in [1.29, 1.82) is 4.78 Å². The lowest BCUT2D eigenvalue weighted by Gasteiger charge is -2.37. The highest BCUT2D eigenvalue weighted by Gasteiger charge is 2.43. The van der Waals surface area contributed by atoms with E-state index in [2.05, 4.69) is 21.2 Å². The number of fused-ring (bicyclic) bond motifs is 3. The van der Waals surface area contributed by atoms with E-state index in [9.17, 15) is 14.0 Å². The summed E-state index contributed by atoms with van der Waals surface area (Å²) >= 11 is 0. The largest absolute Gasteiger partial charge is 0.474 e. The van der Waals surface area contributed by atoms with Gasteiger partial charge in [0.1, 0.15) is 34.3 Å². The first-order valence-corrected chi connectivity index (χ1v) is 18.5. The molecule has 3 atom stereocenters. The quantitative estimate of drug-likeness (QED) is 0.155. The van der Waals surface area contributed by atoms with Crippen LogP contribution >= 0.6 is 0 Å². The van der Waals surface area contributed by atoms with Crippen LogP contribution in [0.15, 0.2) is 102 Å². The van der Waals surface area contributed by atoms with E-state index in [1.807, 2.05) is 91.0 Å². The van der Waals surface area contributed by atoms with Crippen LogP contribution in [-0.4, -0.2) is 45.9 Å². The second-order valence-corrected chi connectivity index (χ2v) is 14.9. The highest BCUT2D eigenvalue weighted by atomic mass is 32.2. The van der Waals surface area contributed by atoms with Gasteiger partial charge < -0.3 is 14.8 Å². The van der Waals surface area contributed by atoms with Gasteiger partial charge in [-0.1, -0.05) is 97.1 Å². The van der Waals surface area contributed by atoms with Gasteiger partial charge in [0.05, 0.1) is 6.54 Å². The normalized spacial score (nSPS) is 19.2. The molecule has 50 heavy (non-hydrogen) atoms. The van der Waals surface area contributed by atoms with Gasteiger partial charge in [0.25, 0.3) is 5.91 Å². The predicted octanol–water partition coefficient (Wildman–Crippen LogP) is 6.37. The Balaban J connectivity index is 1.29. The van der Waals surface area contributed by atoms with E-state index in [0.29, 0.717) is 12.1 Å². The zero-order chi connectivity index (χ0) is 34.5. The molecule has 3 aliphatic rings. The molecule has 0 saturated carbocycles. The Kier molecular flexibility index (Phi) is 8.29. The number of methoxy groups -OCH3 is 1. The number of hydrogen-bond acceptors (Lipinski definition) is 6. The van der Waals surface area contributed by atoms with E-state index >= 15 is 4.21 Å². The summed E-state index contributed by atoms with van der Waals surface area (Å²) in [4.78, 5) is 14.4. The molecule has 11 heteroatoms. The number of carbonyl (C=O) groups excluding carboxylic acids is 1. The third kappa shape index (κ3) is 5.49. The number of halogens is 1. The number of alkyl halides is 1. The number of nitrogens with zero attached hydrogens (tertiary/aromatic N) is 2. The summed E-state index contributed by atoms with van der Waals surface area (Å²) in [5.41, 5.74) is 5.23. The van der Waals surface area contributed by atoms with Crippen LogP contribution in [0.2, 0.25) is 0 Å². The van der Waals surface area contributed by atoms with Gasteiger partial charge in [-0.25, -0.2) is 22.8 Å². The number of amides is 1. The van der Waals surface area contributed by atoms with Crippen molar-refractivity contribution in [3.05, 3.63) is 142 Å². The van der Waals surface area contributed by atoms with Gasteiger partial charge in [0, 0.05) is 25.6 Å². The summed E-state index contributed by atoms with van der Waals surface area (Å²) in [7, 11) is -2.54. The van der Waals surface area contributed by atoms with Crippen molar-refractivity contribution >= 4 is 21.5 Å². The molecule has 5 aromatic rings. The number of anilines is 1. The van der Waals surface area contributed by atoms with Crippen LogP contribution in [0.5, 0.6) is 5.88 Å². The van der Waals surface area contributed by atoms with E-state index < -0.39 is 27.5 Å². The molecule has 2 heterocycles. The fraction of sp³-hybridized carbons (Fsp3) is 0.282. The standard InChI is InChI=1S/C39H38FN5O4S/c1-48-31-23-45-38(49-24-31)36(35(43-45)37(46)42-34-32-19-11-12-25(32)20-26-21-30(40)22-33(26)34)50(41,47)44-39(27-13-5-2-6-14-27,28-15-7-3-8-16-28)29-17-9-4-10-18-29/h2-10,13-18,20,30-31H,11-12,19,21-24H2,1H3,(H,42,46)(H2,41,44,47)/t30-,31?,50?/m0/s1. The monoisotopic (exact) mass is 691 g/mol. The zero-order valence-corrected chi connectivity index (χ0v) is 28.5. The molecule has 1 aliphatic heterocycles. The van der Waals surface area contributed by atoms with Gasteiger partial charge in [-0.05, 0) is 58.2 Å². The fourth-order valence-electron chi connectivity index (χ4n) is 7.79. The lowest BCUT2D eigenvalue weighted by atomic mass is 9.78. The average molecular weight is 692 g/mol. The molecular formula is C39H38FN5O4S. The smallest absolute Gasteiger partial charge is 0.277 e. The number of benzene rings is 4. The molecule has 4 aromatic carbocycles. The summed E-state index contributed by atoms with van der Waals surface area (Å²) in [6.45, 7) is 0.368. The molecule has 8 rings (SSSR count). The Morgan fingerprint density at radius 3 is 2.16 bits per heavy atom. The maximum atomic E-state index is 15.4. The van der Waals surface area contributed by atoms with Crippen LogP contribution in [0, 0.1) is 4.78 Å². The Morgan fingerprint density at radius 1 is 0.940 bits per heavy atom. The van der Waals surface area contributed by atoms with Crippen LogP contribution in [0.4, 0.5) is 10.1 Å². The minimum absolute atomic E-state index is 0.0753. The summed E-state index contributed by atoms with van der Waals surface area (Å²) in [5.74, 6) is -0.554. The first kappa shape index (κ1) is 32.4. The highest BCUT2D eigenvalue weighted by molar-refractivity contribution is 7.90. The van der Waals surface area contributed by atoms with Crippen molar-refractivity contribution in [3.63, 3.8) is 0 Å². The average Bonchev–Trinajstić information content (AvgIpc) is 3.88. The number of rotatable bonds is 9. The Bertz CT molecular complexity index is 2080.